The maximum atomic E-state index is 13.4. The van der Waals surface area contributed by atoms with Crippen molar-refractivity contribution in [1.82, 2.24) is 9.80 Å². The number of amidine groups is 2. The van der Waals surface area contributed by atoms with Crippen molar-refractivity contribution in [1.29, 1.82) is 0 Å². The molecule has 4 aromatic carbocycles. The van der Waals surface area contributed by atoms with Crippen molar-refractivity contribution in [2.45, 2.75) is 76.5 Å². The van der Waals surface area contributed by atoms with E-state index in [2.05, 4.69) is 9.98 Å². The Bertz CT molecular complexity index is 2300. The standard InChI is InChI=1S/2C26H30N2O5S.Cu/c2*1-5-17(2)26(24(31)33-4)16-20(23(30)32-3)21(18-12-8-6-9-13-18)28(26)25(34)27-22(29)19-14-10-7-11-15-19;/h2*6-15,17,20-21H,5,16H2,1-4H3,(H,27,29,34);/q;;+2/p-2/t2*17?,20-,21-,26+;/m00./s1. The van der Waals surface area contributed by atoms with Gasteiger partial charge in [-0.25, -0.2) is 19.6 Å². The molecule has 0 bridgehead atoms. The molecule has 0 aliphatic carbocycles. The summed E-state index contributed by atoms with van der Waals surface area (Å²) in [5, 5.41) is -0.139. The first kappa shape index (κ1) is 55.6. The summed E-state index contributed by atoms with van der Waals surface area (Å²) >= 11 is 11.4. The predicted octanol–water partition coefficient (Wildman–Crippen LogP) is 7.85. The van der Waals surface area contributed by atoms with Gasteiger partial charge in [-0.2, -0.15) is 0 Å². The first-order chi connectivity index (χ1) is 32.6. The van der Waals surface area contributed by atoms with Crippen LogP contribution in [0.3, 0.4) is 0 Å². The quantitative estimate of drug-likeness (QED) is 0.0336. The zero-order valence-corrected chi connectivity index (χ0v) is 42.4. The normalized spacial score (nSPS) is 23.0. The number of hydrogen-bond acceptors (Lipinski definition) is 12. The second-order valence-corrected chi connectivity index (χ2v) is 17.4. The van der Waals surface area contributed by atoms with Crippen LogP contribution in [-0.4, -0.2) is 95.3 Å². The molecule has 2 aliphatic rings. The third kappa shape index (κ3) is 11.4. The molecule has 17 heteroatoms. The maximum absolute atomic E-state index is 13.4. The number of ether oxygens (including phenoxy) is 4. The van der Waals surface area contributed by atoms with Crippen molar-refractivity contribution in [3.63, 3.8) is 0 Å². The van der Waals surface area contributed by atoms with Crippen molar-refractivity contribution < 1.29 is 64.8 Å². The Labute approximate surface area is 425 Å². The molecule has 69 heavy (non-hydrogen) atoms. The molecule has 1 radical (unpaired) electrons. The van der Waals surface area contributed by atoms with E-state index >= 15 is 0 Å². The summed E-state index contributed by atoms with van der Waals surface area (Å²) in [5.41, 5.74) is -0.344. The van der Waals surface area contributed by atoms with Gasteiger partial charge in [-0.15, -0.1) is 0 Å². The minimum absolute atomic E-state index is 0. The minimum Gasteiger partial charge on any atom is -0.742 e. The number of carbonyl (C=O) groups is 6. The van der Waals surface area contributed by atoms with Gasteiger partial charge in [0, 0.05) is 11.1 Å². The third-order valence-corrected chi connectivity index (χ3v) is 13.9. The number of likely N-dealkylation sites (tertiary alicyclic amines) is 2. The van der Waals surface area contributed by atoms with Gasteiger partial charge in [0.1, 0.15) is 11.1 Å². The molecule has 0 saturated carbocycles. The number of methoxy groups -OCH3 is 4. The number of carbonyl (C=O) groups excluding carboxylic acids is 6. The number of aliphatic imine (C=N–C) groups is 2. The van der Waals surface area contributed by atoms with E-state index in [1.54, 1.807) is 70.5 Å². The van der Waals surface area contributed by atoms with E-state index in [-0.39, 0.29) is 52.1 Å². The molecule has 369 valence electrons. The molecular weight excluding hydrogens is 968 g/mol. The zero-order chi connectivity index (χ0) is 49.8. The van der Waals surface area contributed by atoms with Gasteiger partial charge < -0.3 is 54.0 Å². The largest absolute Gasteiger partial charge is 2.00 e. The zero-order valence-electron chi connectivity index (χ0n) is 39.8. The van der Waals surface area contributed by atoms with Gasteiger partial charge in [0.05, 0.1) is 52.4 Å². The van der Waals surface area contributed by atoms with E-state index in [0.29, 0.717) is 24.0 Å². The summed E-state index contributed by atoms with van der Waals surface area (Å²) < 4.78 is 20.8. The van der Waals surface area contributed by atoms with Crippen molar-refractivity contribution >= 4 is 71.3 Å². The number of nitrogens with zero attached hydrogens (tertiary/aromatic N) is 4. The summed E-state index contributed by atoms with van der Waals surface area (Å²) in [6, 6.07) is 34.3. The van der Waals surface area contributed by atoms with E-state index in [4.69, 9.17) is 44.2 Å². The Morgan fingerprint density at radius 1 is 0.536 bits per heavy atom. The van der Waals surface area contributed by atoms with Crippen molar-refractivity contribution in [3.05, 3.63) is 144 Å². The van der Waals surface area contributed by atoms with Gasteiger partial charge >= 0.3 is 40.9 Å². The maximum Gasteiger partial charge on any atom is 2.00 e. The van der Waals surface area contributed by atoms with Gasteiger partial charge in [0.15, 0.2) is 0 Å². The topological polar surface area (TPSA) is 171 Å². The van der Waals surface area contributed by atoms with Gasteiger partial charge in [-0.05, 0) is 70.4 Å². The molecule has 2 saturated heterocycles. The van der Waals surface area contributed by atoms with Crippen LogP contribution in [0.15, 0.2) is 131 Å². The number of esters is 4. The van der Waals surface area contributed by atoms with Crippen LogP contribution in [0.1, 0.15) is 97.3 Å². The summed E-state index contributed by atoms with van der Waals surface area (Å²) in [6.07, 6.45) is 1.46. The molecule has 0 N–H and O–H groups in total. The average molecular weight is 1030 g/mol. The Morgan fingerprint density at radius 3 is 1.09 bits per heavy atom. The second-order valence-electron chi connectivity index (χ2n) is 16.7. The van der Waals surface area contributed by atoms with Crippen LogP contribution in [0.4, 0.5) is 0 Å². The number of rotatable bonds is 12. The summed E-state index contributed by atoms with van der Waals surface area (Å²) in [6.45, 7) is 7.72. The monoisotopic (exact) mass is 1030 g/mol. The van der Waals surface area contributed by atoms with Crippen LogP contribution >= 0.6 is 0 Å². The molecule has 2 amide bonds. The van der Waals surface area contributed by atoms with Crippen LogP contribution in [0.2, 0.25) is 0 Å². The van der Waals surface area contributed by atoms with Crippen LogP contribution in [0.5, 0.6) is 0 Å². The average Bonchev–Trinajstić information content (AvgIpc) is 3.95. The van der Waals surface area contributed by atoms with Gasteiger partial charge in [-0.3, -0.25) is 19.2 Å². The number of amides is 2. The fourth-order valence-corrected chi connectivity index (χ4v) is 10.3. The van der Waals surface area contributed by atoms with E-state index in [1.165, 1.54) is 28.4 Å². The van der Waals surface area contributed by atoms with Crippen LogP contribution in [0.25, 0.3) is 0 Å². The Balaban J connectivity index is 0.000000296. The fraction of sp³-hybridized carbons (Fsp3) is 0.385. The fourth-order valence-electron chi connectivity index (χ4n) is 9.56. The van der Waals surface area contributed by atoms with E-state index in [0.717, 1.165) is 11.1 Å². The van der Waals surface area contributed by atoms with Gasteiger partial charge in [0.2, 0.25) is 0 Å². The van der Waals surface area contributed by atoms with Crippen molar-refractivity contribution in [2.24, 2.45) is 33.7 Å². The first-order valence-corrected chi connectivity index (χ1v) is 23.2. The second kappa shape index (κ2) is 25.0. The van der Waals surface area contributed by atoms with Crippen LogP contribution in [0, 0.1) is 23.7 Å². The van der Waals surface area contributed by atoms with E-state index < -0.39 is 70.7 Å². The predicted molar refractivity (Wildman–Crippen MR) is 262 cm³/mol. The Morgan fingerprint density at radius 2 is 0.826 bits per heavy atom. The number of hydrogen-bond donors (Lipinski definition) is 0. The first-order valence-electron chi connectivity index (χ1n) is 22.3. The van der Waals surface area contributed by atoms with Crippen LogP contribution < -0.4 is 0 Å². The molecule has 4 aromatic rings. The van der Waals surface area contributed by atoms with Crippen LogP contribution in [-0.2, 0) is 80.5 Å². The van der Waals surface area contributed by atoms with Gasteiger partial charge in [0.25, 0.3) is 11.8 Å². The van der Waals surface area contributed by atoms with E-state index in [9.17, 15) is 28.8 Å². The molecular formula is C52H58CuN4O10S2. The minimum atomic E-state index is -1.31. The molecule has 8 atom stereocenters. The summed E-state index contributed by atoms with van der Waals surface area (Å²) in [4.78, 5) is 90.4. The van der Waals surface area contributed by atoms with Crippen molar-refractivity contribution in [2.75, 3.05) is 28.4 Å². The summed E-state index contributed by atoms with van der Waals surface area (Å²) in [7, 11) is 5.25. The third-order valence-electron chi connectivity index (χ3n) is 13.3. The molecule has 0 spiro atoms. The molecule has 2 unspecified atom stereocenters. The molecule has 6 rings (SSSR count). The van der Waals surface area contributed by atoms with Crippen molar-refractivity contribution in [3.8, 4) is 0 Å². The van der Waals surface area contributed by atoms with Gasteiger partial charge in [-0.1, -0.05) is 138 Å². The molecule has 2 fully saturated rings. The molecule has 0 aromatic heterocycles. The molecule has 14 nitrogen and oxygen atoms in total. The Kier molecular flexibility index (Phi) is 20.2. The Hall–Kier alpha value is -6.00. The summed E-state index contributed by atoms with van der Waals surface area (Å²) in [5.74, 6) is -5.01. The molecule has 2 heterocycles. The smallest absolute Gasteiger partial charge is 0.742 e. The number of benzene rings is 4. The molecule has 2 aliphatic heterocycles. The SMILES string of the molecule is CCC(C)[C@@]1(C(=O)OC)C[C@H](C(=O)OC)[C@H](c2ccccc2)N1C([S-])=NC(=O)c1ccccc1.CCC(C)[C@@]1(C(=O)OC)C[C@H](C(=O)OC)[C@H](c2ccccc2)N1C([S-])=NC(=O)c1ccccc1.[Cu+2]. The van der Waals surface area contributed by atoms with E-state index in [1.807, 2.05) is 88.4 Å².